The Labute approximate surface area is 128 Å². The highest BCUT2D eigenvalue weighted by Crippen LogP contribution is 2.32. The van der Waals surface area contributed by atoms with Crippen LogP contribution in [0.4, 0.5) is 13.2 Å². The fourth-order valence-electron chi connectivity index (χ4n) is 1.43. The Morgan fingerprint density at radius 2 is 2.05 bits per heavy atom. The Balaban J connectivity index is 2.73. The van der Waals surface area contributed by atoms with Crippen LogP contribution in [-0.2, 0) is 0 Å². The van der Waals surface area contributed by atoms with Gasteiger partial charge in [0, 0.05) is 12.1 Å². The van der Waals surface area contributed by atoms with E-state index >= 15 is 0 Å². The molecule has 0 fully saturated rings. The van der Waals surface area contributed by atoms with E-state index in [9.17, 15) is 18.0 Å². The maximum atomic E-state index is 12.3. The van der Waals surface area contributed by atoms with Crippen molar-refractivity contribution in [2.24, 2.45) is 0 Å². The summed E-state index contributed by atoms with van der Waals surface area (Å²) in [7, 11) is 0. The number of carbonyl (C=O) groups is 1. The first-order valence-electron chi connectivity index (χ1n) is 5.11. The van der Waals surface area contributed by atoms with Crippen molar-refractivity contribution < 1.29 is 23.1 Å². The third-order valence-corrected chi connectivity index (χ3v) is 4.48. The molecule has 0 saturated heterocycles. The lowest BCUT2D eigenvalue weighted by Gasteiger charge is -2.21. The quantitative estimate of drug-likeness (QED) is 0.712. The molecule has 108 valence electrons. The number of hydrogen-bond acceptors (Lipinski definition) is 4. The zero-order valence-corrected chi connectivity index (χ0v) is 13.5. The average molecular weight is 425 g/mol. The molecular weight excluding hydrogens is 415 g/mol. The fourth-order valence-corrected chi connectivity index (χ4v) is 4.28. The molecule has 1 aromatic heterocycles. The Morgan fingerprint density at radius 1 is 1.42 bits per heavy atom. The van der Waals surface area contributed by atoms with Gasteiger partial charge in [0.05, 0.1) is 27.3 Å². The number of rotatable bonds is 6. The fraction of sp³-hybridized carbons (Fsp3) is 0.500. The van der Waals surface area contributed by atoms with Crippen LogP contribution in [0.15, 0.2) is 13.6 Å². The summed E-state index contributed by atoms with van der Waals surface area (Å²) < 4.78 is 38.2. The Kier molecular flexibility index (Phi) is 6.44. The lowest BCUT2D eigenvalue weighted by Crippen LogP contribution is -2.39. The standard InChI is InChI=1S/C10H10Br2F3NO2S/c11-8-3-6(9(12)19-8)7(18)4-16(1-2-17)5-10(13,14)15/h3,17H,1-2,4-5H2. The topological polar surface area (TPSA) is 40.5 Å². The van der Waals surface area contributed by atoms with Crippen molar-refractivity contribution in [2.45, 2.75) is 6.18 Å². The van der Waals surface area contributed by atoms with Gasteiger partial charge in [0.15, 0.2) is 5.78 Å². The van der Waals surface area contributed by atoms with E-state index in [1.54, 1.807) is 6.07 Å². The van der Waals surface area contributed by atoms with Crippen molar-refractivity contribution >= 4 is 49.0 Å². The van der Waals surface area contributed by atoms with E-state index < -0.39 is 25.1 Å². The molecule has 0 atom stereocenters. The van der Waals surface area contributed by atoms with Crippen LogP contribution in [0.5, 0.6) is 0 Å². The van der Waals surface area contributed by atoms with Gasteiger partial charge in [0.1, 0.15) is 0 Å². The average Bonchev–Trinajstić information content (AvgIpc) is 2.55. The number of ketones is 1. The Morgan fingerprint density at radius 3 is 2.47 bits per heavy atom. The van der Waals surface area contributed by atoms with Crippen molar-refractivity contribution in [3.63, 3.8) is 0 Å². The van der Waals surface area contributed by atoms with Gasteiger partial charge in [-0.2, -0.15) is 13.2 Å². The first kappa shape index (κ1) is 17.1. The van der Waals surface area contributed by atoms with Crippen LogP contribution in [0.25, 0.3) is 0 Å². The van der Waals surface area contributed by atoms with Crippen LogP contribution in [0.3, 0.4) is 0 Å². The SMILES string of the molecule is O=C(CN(CCO)CC(F)(F)F)c1cc(Br)sc1Br. The molecule has 0 saturated carbocycles. The molecule has 19 heavy (non-hydrogen) atoms. The van der Waals surface area contributed by atoms with Crippen LogP contribution >= 0.6 is 43.2 Å². The molecule has 0 unspecified atom stereocenters. The summed E-state index contributed by atoms with van der Waals surface area (Å²) in [4.78, 5) is 12.8. The van der Waals surface area contributed by atoms with Gasteiger partial charge in [-0.05, 0) is 37.9 Å². The molecule has 0 aliphatic heterocycles. The molecule has 0 aromatic carbocycles. The molecule has 0 aliphatic rings. The second-order valence-electron chi connectivity index (χ2n) is 3.71. The van der Waals surface area contributed by atoms with Crippen LogP contribution in [0, 0.1) is 0 Å². The second kappa shape index (κ2) is 7.16. The minimum atomic E-state index is -4.40. The van der Waals surface area contributed by atoms with E-state index in [4.69, 9.17) is 5.11 Å². The van der Waals surface area contributed by atoms with E-state index in [2.05, 4.69) is 31.9 Å². The first-order chi connectivity index (χ1) is 8.73. The largest absolute Gasteiger partial charge is 0.401 e. The third-order valence-electron chi connectivity index (χ3n) is 2.14. The van der Waals surface area contributed by atoms with E-state index in [0.29, 0.717) is 13.1 Å². The van der Waals surface area contributed by atoms with Crippen molar-refractivity contribution in [1.29, 1.82) is 0 Å². The van der Waals surface area contributed by atoms with E-state index in [1.165, 1.54) is 11.3 Å². The van der Waals surface area contributed by atoms with Gasteiger partial charge in [-0.1, -0.05) is 0 Å². The predicted octanol–water partition coefficient (Wildman–Crippen LogP) is 3.31. The highest BCUT2D eigenvalue weighted by molar-refractivity contribution is 9.12. The Hall–Kier alpha value is 0.0400. The maximum Gasteiger partial charge on any atom is 0.401 e. The summed E-state index contributed by atoms with van der Waals surface area (Å²) >= 11 is 7.66. The van der Waals surface area contributed by atoms with Crippen LogP contribution in [0.2, 0.25) is 0 Å². The van der Waals surface area contributed by atoms with Gasteiger partial charge in [-0.25, -0.2) is 0 Å². The molecule has 0 aliphatic carbocycles. The van der Waals surface area contributed by atoms with Gasteiger partial charge in [0.2, 0.25) is 0 Å². The highest BCUT2D eigenvalue weighted by atomic mass is 79.9. The van der Waals surface area contributed by atoms with Crippen LogP contribution < -0.4 is 0 Å². The summed E-state index contributed by atoms with van der Waals surface area (Å²) in [6.07, 6.45) is -4.40. The zero-order chi connectivity index (χ0) is 14.6. The van der Waals surface area contributed by atoms with E-state index in [0.717, 1.165) is 4.90 Å². The van der Waals surface area contributed by atoms with Gasteiger partial charge >= 0.3 is 6.18 Å². The molecule has 0 bridgehead atoms. The zero-order valence-electron chi connectivity index (χ0n) is 9.51. The number of hydrogen-bond donors (Lipinski definition) is 1. The van der Waals surface area contributed by atoms with Crippen molar-refractivity contribution in [1.82, 2.24) is 4.90 Å². The summed E-state index contributed by atoms with van der Waals surface area (Å²) in [5, 5.41) is 8.74. The third kappa shape index (κ3) is 5.90. The minimum absolute atomic E-state index is 0.200. The number of halogens is 5. The summed E-state index contributed by atoms with van der Waals surface area (Å²) in [6.45, 7) is -2.24. The number of nitrogens with zero attached hydrogens (tertiary/aromatic N) is 1. The van der Waals surface area contributed by atoms with Crippen molar-refractivity contribution in [2.75, 3.05) is 26.2 Å². The maximum absolute atomic E-state index is 12.3. The monoisotopic (exact) mass is 423 g/mol. The number of carbonyl (C=O) groups excluding carboxylic acids is 1. The van der Waals surface area contributed by atoms with Crippen LogP contribution in [-0.4, -0.2) is 48.2 Å². The van der Waals surface area contributed by atoms with Gasteiger partial charge in [-0.15, -0.1) is 11.3 Å². The molecule has 1 heterocycles. The Bertz CT molecular complexity index is 450. The second-order valence-corrected chi connectivity index (χ2v) is 7.46. The molecule has 0 spiro atoms. The number of thiophene rings is 1. The number of Topliss-reactive ketones (excluding diaryl/α,β-unsaturated/α-hetero) is 1. The van der Waals surface area contributed by atoms with Gasteiger partial charge in [-0.3, -0.25) is 9.69 Å². The van der Waals surface area contributed by atoms with Crippen molar-refractivity contribution in [3.8, 4) is 0 Å². The lowest BCUT2D eigenvalue weighted by atomic mass is 10.2. The summed E-state index contributed by atoms with van der Waals surface area (Å²) in [5.41, 5.74) is 0.335. The molecule has 1 rings (SSSR count). The molecule has 0 amide bonds. The molecule has 9 heteroatoms. The lowest BCUT2D eigenvalue weighted by molar-refractivity contribution is -0.145. The highest BCUT2D eigenvalue weighted by Gasteiger charge is 2.31. The molecule has 1 N–H and O–H groups in total. The molecule has 0 radical (unpaired) electrons. The number of aliphatic hydroxyl groups excluding tert-OH is 1. The van der Waals surface area contributed by atoms with Gasteiger partial charge in [0.25, 0.3) is 0 Å². The normalized spacial score (nSPS) is 12.2. The smallest absolute Gasteiger partial charge is 0.395 e. The van der Waals surface area contributed by atoms with Crippen molar-refractivity contribution in [3.05, 3.63) is 19.2 Å². The molecular formula is C10H10Br2F3NO2S. The first-order valence-corrected chi connectivity index (χ1v) is 7.51. The van der Waals surface area contributed by atoms with Gasteiger partial charge < -0.3 is 5.11 Å². The minimum Gasteiger partial charge on any atom is -0.395 e. The summed E-state index contributed by atoms with van der Waals surface area (Å²) in [5.74, 6) is -0.425. The van der Waals surface area contributed by atoms with E-state index in [-0.39, 0.29) is 13.1 Å². The van der Waals surface area contributed by atoms with E-state index in [1.807, 2.05) is 0 Å². The van der Waals surface area contributed by atoms with Crippen LogP contribution in [0.1, 0.15) is 10.4 Å². The molecule has 3 nitrogen and oxygen atoms in total. The molecule has 1 aromatic rings. The summed E-state index contributed by atoms with van der Waals surface area (Å²) in [6, 6.07) is 1.56. The number of aliphatic hydroxyl groups is 1. The predicted molar refractivity (Wildman–Crippen MR) is 73.6 cm³/mol. The number of alkyl halides is 3.